The van der Waals surface area contributed by atoms with Crippen molar-refractivity contribution in [1.29, 1.82) is 0 Å². The second-order valence-electron chi connectivity index (χ2n) is 9.90. The average Bonchev–Trinajstić information content (AvgIpc) is 3.37. The van der Waals surface area contributed by atoms with Crippen molar-refractivity contribution in [2.75, 3.05) is 10.6 Å². The highest BCUT2D eigenvalue weighted by atomic mass is 16.2. The van der Waals surface area contributed by atoms with Crippen LogP contribution >= 0.6 is 0 Å². The predicted molar refractivity (Wildman–Crippen MR) is 126 cm³/mol. The Kier molecular flexibility index (Phi) is 4.88. The lowest BCUT2D eigenvalue weighted by atomic mass is 9.76. The molecule has 5 rings (SSSR count). The number of hydrogen-bond donors (Lipinski definition) is 3. The molecule has 1 fully saturated rings. The number of nitrogens with zero attached hydrogens (tertiary/aromatic N) is 1. The van der Waals surface area contributed by atoms with Crippen molar-refractivity contribution in [2.24, 2.45) is 17.3 Å². The Hall–Kier alpha value is -3.41. The Morgan fingerprint density at radius 3 is 2.62 bits per heavy atom. The van der Waals surface area contributed by atoms with Gasteiger partial charge in [-0.05, 0) is 48.4 Å². The van der Waals surface area contributed by atoms with Crippen LogP contribution in [0.3, 0.4) is 0 Å². The first-order chi connectivity index (χ1) is 15.3. The van der Waals surface area contributed by atoms with Gasteiger partial charge in [-0.1, -0.05) is 39.0 Å². The molecular formula is C26H28N4O2. The maximum Gasteiger partial charge on any atom is 0.228 e. The van der Waals surface area contributed by atoms with E-state index in [0.29, 0.717) is 18.2 Å². The van der Waals surface area contributed by atoms with Crippen LogP contribution in [-0.4, -0.2) is 21.7 Å². The molecule has 0 aliphatic heterocycles. The summed E-state index contributed by atoms with van der Waals surface area (Å²) in [5, 5.41) is 6.42. The Morgan fingerprint density at radius 2 is 1.91 bits per heavy atom. The van der Waals surface area contributed by atoms with Crippen LogP contribution in [0, 0.1) is 17.3 Å². The highest BCUT2D eigenvalue weighted by Gasteiger charge is 2.39. The van der Waals surface area contributed by atoms with E-state index >= 15 is 0 Å². The van der Waals surface area contributed by atoms with E-state index in [1.165, 1.54) is 0 Å². The van der Waals surface area contributed by atoms with Crippen LogP contribution < -0.4 is 10.6 Å². The van der Waals surface area contributed by atoms with Crippen molar-refractivity contribution < 1.29 is 9.59 Å². The number of ketones is 1. The summed E-state index contributed by atoms with van der Waals surface area (Å²) in [7, 11) is 0. The minimum atomic E-state index is -0.0887. The lowest BCUT2D eigenvalue weighted by Gasteiger charge is -2.28. The third-order valence-electron chi connectivity index (χ3n) is 6.44. The zero-order valence-electron chi connectivity index (χ0n) is 18.7. The summed E-state index contributed by atoms with van der Waals surface area (Å²) >= 11 is 0. The van der Waals surface area contributed by atoms with Crippen LogP contribution in [0.25, 0.3) is 11.3 Å². The van der Waals surface area contributed by atoms with Crippen molar-refractivity contribution in [3.8, 4) is 11.3 Å². The molecule has 1 saturated carbocycles. The fourth-order valence-corrected chi connectivity index (χ4v) is 4.62. The molecule has 2 aliphatic rings. The van der Waals surface area contributed by atoms with Gasteiger partial charge in [0.15, 0.2) is 5.78 Å². The summed E-state index contributed by atoms with van der Waals surface area (Å²) in [4.78, 5) is 33.4. The van der Waals surface area contributed by atoms with Gasteiger partial charge < -0.3 is 15.6 Å². The number of amides is 1. The van der Waals surface area contributed by atoms with E-state index < -0.39 is 0 Å². The molecular weight excluding hydrogens is 400 g/mol. The smallest absolute Gasteiger partial charge is 0.228 e. The van der Waals surface area contributed by atoms with Crippen molar-refractivity contribution in [1.82, 2.24) is 9.97 Å². The van der Waals surface area contributed by atoms with Gasteiger partial charge in [0, 0.05) is 35.5 Å². The highest BCUT2D eigenvalue weighted by Crippen LogP contribution is 2.43. The second-order valence-corrected chi connectivity index (χ2v) is 9.90. The fraction of sp³-hybridized carbons (Fsp3) is 0.346. The Labute approximate surface area is 187 Å². The number of H-pyrrole nitrogens is 1. The van der Waals surface area contributed by atoms with Crippen LogP contribution in [-0.2, 0) is 11.2 Å². The largest absolute Gasteiger partial charge is 0.356 e. The molecule has 1 aromatic carbocycles. The topological polar surface area (TPSA) is 86.9 Å². The molecule has 3 aromatic rings. The Morgan fingerprint density at radius 1 is 1.16 bits per heavy atom. The predicted octanol–water partition coefficient (Wildman–Crippen LogP) is 5.57. The van der Waals surface area contributed by atoms with E-state index in [-0.39, 0.29) is 23.0 Å². The van der Waals surface area contributed by atoms with Crippen LogP contribution in [0.4, 0.5) is 17.2 Å². The average molecular weight is 429 g/mol. The van der Waals surface area contributed by atoms with E-state index in [1.54, 1.807) is 6.20 Å². The zero-order valence-corrected chi connectivity index (χ0v) is 18.7. The van der Waals surface area contributed by atoms with Crippen molar-refractivity contribution in [3.63, 3.8) is 0 Å². The third-order valence-corrected chi connectivity index (χ3v) is 6.44. The molecule has 2 aromatic heterocycles. The number of para-hydroxylation sites is 1. The lowest BCUT2D eigenvalue weighted by Crippen LogP contribution is -2.26. The van der Waals surface area contributed by atoms with Gasteiger partial charge in [-0.2, -0.15) is 0 Å². The molecule has 2 aliphatic carbocycles. The molecule has 1 amide bonds. The fourth-order valence-electron chi connectivity index (χ4n) is 4.62. The van der Waals surface area contributed by atoms with E-state index in [9.17, 15) is 9.59 Å². The van der Waals surface area contributed by atoms with E-state index in [4.69, 9.17) is 0 Å². The number of carbonyl (C=O) groups excluding carboxylic acids is 2. The maximum atomic E-state index is 13.2. The first-order valence-electron chi connectivity index (χ1n) is 11.2. The molecule has 6 heteroatoms. The number of benzene rings is 1. The van der Waals surface area contributed by atoms with E-state index in [1.807, 2.05) is 42.5 Å². The molecule has 164 valence electrons. The number of anilines is 3. The first kappa shape index (κ1) is 20.5. The number of aromatic amines is 1. The van der Waals surface area contributed by atoms with Crippen molar-refractivity contribution >= 4 is 28.9 Å². The third kappa shape index (κ3) is 3.93. The summed E-state index contributed by atoms with van der Waals surface area (Å²) in [5.41, 5.74) is 5.00. The summed E-state index contributed by atoms with van der Waals surface area (Å²) in [6.07, 6.45) is 3.93. The van der Waals surface area contributed by atoms with Gasteiger partial charge in [0.2, 0.25) is 5.91 Å². The second kappa shape index (κ2) is 7.62. The molecule has 0 radical (unpaired) electrons. The van der Waals surface area contributed by atoms with Crippen molar-refractivity contribution in [2.45, 2.75) is 40.0 Å². The number of pyridine rings is 1. The number of fused-ring (bicyclic) bond motifs is 1. The molecule has 2 atom stereocenters. The van der Waals surface area contributed by atoms with E-state index in [2.05, 4.69) is 41.4 Å². The normalized spacial score (nSPS) is 21.0. The van der Waals surface area contributed by atoms with Crippen LogP contribution in [0.15, 0.2) is 48.7 Å². The number of nitrogens with one attached hydrogen (secondary N) is 3. The number of aromatic nitrogens is 2. The number of hydrogen-bond acceptors (Lipinski definition) is 4. The summed E-state index contributed by atoms with van der Waals surface area (Å²) in [5.74, 6) is 1.20. The van der Waals surface area contributed by atoms with Crippen LogP contribution in [0.1, 0.15) is 49.7 Å². The van der Waals surface area contributed by atoms with E-state index in [0.717, 1.165) is 46.7 Å². The summed E-state index contributed by atoms with van der Waals surface area (Å²) in [6, 6.07) is 13.6. The van der Waals surface area contributed by atoms with Crippen LogP contribution in [0.2, 0.25) is 0 Å². The number of carbonyl (C=O) groups is 2. The molecule has 0 saturated heterocycles. The molecule has 32 heavy (non-hydrogen) atoms. The minimum Gasteiger partial charge on any atom is -0.356 e. The van der Waals surface area contributed by atoms with Gasteiger partial charge in [0.25, 0.3) is 0 Å². The number of Topliss-reactive ketones (excluding diaryl/α,β-unsaturated/α-hetero) is 1. The molecule has 6 nitrogen and oxygen atoms in total. The van der Waals surface area contributed by atoms with Gasteiger partial charge in [-0.3, -0.25) is 9.59 Å². The lowest BCUT2D eigenvalue weighted by molar-refractivity contribution is -0.117. The van der Waals surface area contributed by atoms with Gasteiger partial charge in [0.05, 0.1) is 16.9 Å². The summed E-state index contributed by atoms with van der Waals surface area (Å²) in [6.45, 7) is 6.33. The van der Waals surface area contributed by atoms with Crippen molar-refractivity contribution in [3.05, 3.63) is 59.9 Å². The molecule has 0 unspecified atom stereocenters. The minimum absolute atomic E-state index is 0.0208. The van der Waals surface area contributed by atoms with Gasteiger partial charge in [0.1, 0.15) is 5.82 Å². The van der Waals surface area contributed by atoms with Gasteiger partial charge >= 0.3 is 0 Å². The quantitative estimate of drug-likeness (QED) is 0.496. The van der Waals surface area contributed by atoms with Gasteiger partial charge in [-0.15, -0.1) is 0 Å². The molecule has 0 spiro atoms. The maximum absolute atomic E-state index is 13.2. The molecule has 0 bridgehead atoms. The molecule has 2 heterocycles. The monoisotopic (exact) mass is 428 g/mol. The SMILES string of the molecule is C[C@H]1C[C@@H]1C(=O)Nc1cc(-c2[nH]c3c(c2Nc2ccccc2)C(=O)CC(C)(C)C3)ccn1. The summed E-state index contributed by atoms with van der Waals surface area (Å²) < 4.78 is 0. The highest BCUT2D eigenvalue weighted by molar-refractivity contribution is 6.08. The standard InChI is InChI=1S/C26H28N4O2/c1-15-11-18(15)25(32)30-21-12-16(9-10-27-21)23-24(28-17-7-5-4-6-8-17)22-19(29-23)13-26(2,3)14-20(22)31/h4-10,12,15,18,28-29H,11,13-14H2,1-3H3,(H,27,30,32)/t15-,18-/m0/s1. The first-order valence-corrected chi connectivity index (χ1v) is 11.2. The van der Waals surface area contributed by atoms with Gasteiger partial charge in [-0.25, -0.2) is 4.98 Å². The van der Waals surface area contributed by atoms with Crippen LogP contribution in [0.5, 0.6) is 0 Å². The Balaban J connectivity index is 1.55. The molecule has 3 N–H and O–H groups in total. The zero-order chi connectivity index (χ0) is 22.5. The Bertz CT molecular complexity index is 1200. The number of rotatable bonds is 5.